The molecule has 1 aliphatic rings. The number of hydrogen-bond acceptors (Lipinski definition) is 7. The van der Waals surface area contributed by atoms with Crippen LogP contribution in [0.1, 0.15) is 46.0 Å². The summed E-state index contributed by atoms with van der Waals surface area (Å²) in [5.74, 6) is 1.21. The van der Waals surface area contributed by atoms with Crippen LogP contribution in [0.3, 0.4) is 0 Å². The van der Waals surface area contributed by atoms with Gasteiger partial charge in [0.25, 0.3) is 0 Å². The van der Waals surface area contributed by atoms with Gasteiger partial charge in [0.15, 0.2) is 6.23 Å². The summed E-state index contributed by atoms with van der Waals surface area (Å²) < 4.78 is 18.3. The second-order valence-electron chi connectivity index (χ2n) is 6.05. The Morgan fingerprint density at radius 1 is 1.48 bits per heavy atom. The maximum atomic E-state index is 11.6. The van der Waals surface area contributed by atoms with Crippen molar-refractivity contribution in [3.63, 3.8) is 0 Å². The van der Waals surface area contributed by atoms with Gasteiger partial charge in [-0.3, -0.25) is 4.57 Å². The SMILES string of the molecule is CCC(COC(=O)C=C(C)C)OCn1cnc2c1NC(C)=NC2OC. The molecule has 25 heavy (non-hydrogen) atoms. The average molecular weight is 350 g/mol. The fourth-order valence-corrected chi connectivity index (χ4v) is 2.34. The molecule has 0 spiro atoms. The molecule has 0 aliphatic carbocycles. The van der Waals surface area contributed by atoms with Crippen molar-refractivity contribution < 1.29 is 19.0 Å². The van der Waals surface area contributed by atoms with Gasteiger partial charge >= 0.3 is 5.97 Å². The Kier molecular flexibility index (Phi) is 6.72. The van der Waals surface area contributed by atoms with Gasteiger partial charge in [0, 0.05) is 13.2 Å². The van der Waals surface area contributed by atoms with Crippen LogP contribution in [0.25, 0.3) is 0 Å². The number of hydrogen-bond donors (Lipinski definition) is 1. The zero-order chi connectivity index (χ0) is 18.4. The van der Waals surface area contributed by atoms with E-state index < -0.39 is 6.23 Å². The molecular formula is C17H26N4O4. The molecule has 2 unspecified atom stereocenters. The molecular weight excluding hydrogens is 324 g/mol. The van der Waals surface area contributed by atoms with Crippen molar-refractivity contribution in [2.24, 2.45) is 4.99 Å². The number of ether oxygens (including phenoxy) is 3. The van der Waals surface area contributed by atoms with Crippen LogP contribution in [-0.2, 0) is 25.7 Å². The van der Waals surface area contributed by atoms with Crippen molar-refractivity contribution >= 4 is 17.6 Å². The fraction of sp³-hybridized carbons (Fsp3) is 0.588. The lowest BCUT2D eigenvalue weighted by Gasteiger charge is -2.21. The van der Waals surface area contributed by atoms with Crippen molar-refractivity contribution in [1.82, 2.24) is 9.55 Å². The number of methoxy groups -OCH3 is 1. The maximum Gasteiger partial charge on any atom is 0.330 e. The zero-order valence-electron chi connectivity index (χ0n) is 15.4. The molecule has 1 N–H and O–H groups in total. The number of esters is 1. The van der Waals surface area contributed by atoms with E-state index in [1.165, 1.54) is 6.08 Å². The largest absolute Gasteiger partial charge is 0.460 e. The summed E-state index contributed by atoms with van der Waals surface area (Å²) in [4.78, 5) is 20.3. The van der Waals surface area contributed by atoms with Gasteiger partial charge in [-0.05, 0) is 27.2 Å². The van der Waals surface area contributed by atoms with Crippen LogP contribution in [0, 0.1) is 0 Å². The van der Waals surface area contributed by atoms with Crippen molar-refractivity contribution in [3.8, 4) is 0 Å². The number of imidazole rings is 1. The lowest BCUT2D eigenvalue weighted by molar-refractivity contribution is -0.143. The summed E-state index contributed by atoms with van der Waals surface area (Å²) in [5, 5.41) is 3.18. The van der Waals surface area contributed by atoms with E-state index in [9.17, 15) is 4.79 Å². The molecule has 0 bridgehead atoms. The summed E-state index contributed by atoms with van der Waals surface area (Å²) in [6.07, 6.45) is 3.28. The third-order valence-electron chi connectivity index (χ3n) is 3.66. The number of nitrogens with one attached hydrogen (secondary N) is 1. The van der Waals surface area contributed by atoms with Gasteiger partial charge in [-0.1, -0.05) is 12.5 Å². The van der Waals surface area contributed by atoms with Gasteiger partial charge < -0.3 is 19.5 Å². The minimum Gasteiger partial charge on any atom is -0.460 e. The first kappa shape index (κ1) is 19.1. The second kappa shape index (κ2) is 8.77. The van der Waals surface area contributed by atoms with Gasteiger partial charge in [0.1, 0.15) is 30.7 Å². The molecule has 1 aromatic rings. The number of aromatic nitrogens is 2. The number of amidine groups is 1. The van der Waals surface area contributed by atoms with E-state index >= 15 is 0 Å². The Morgan fingerprint density at radius 2 is 2.24 bits per heavy atom. The van der Waals surface area contributed by atoms with E-state index in [4.69, 9.17) is 14.2 Å². The summed E-state index contributed by atoms with van der Waals surface area (Å²) in [6.45, 7) is 8.05. The molecule has 0 aromatic carbocycles. The molecule has 138 valence electrons. The molecule has 1 aliphatic heterocycles. The van der Waals surface area contributed by atoms with Crippen molar-refractivity contribution in [2.75, 3.05) is 19.0 Å². The molecule has 0 saturated carbocycles. The highest BCUT2D eigenvalue weighted by atomic mass is 16.6. The Labute approximate surface area is 147 Å². The molecule has 8 nitrogen and oxygen atoms in total. The topological polar surface area (TPSA) is 87.0 Å². The maximum absolute atomic E-state index is 11.6. The minimum atomic E-state index is -0.413. The number of nitrogens with zero attached hydrogens (tertiary/aromatic N) is 3. The van der Waals surface area contributed by atoms with Crippen LogP contribution in [0.5, 0.6) is 0 Å². The van der Waals surface area contributed by atoms with Gasteiger partial charge in [-0.2, -0.15) is 0 Å². The number of anilines is 1. The van der Waals surface area contributed by atoms with Crippen molar-refractivity contribution in [2.45, 2.75) is 53.2 Å². The summed E-state index contributed by atoms with van der Waals surface area (Å²) in [7, 11) is 1.60. The lowest BCUT2D eigenvalue weighted by Crippen LogP contribution is -2.24. The Hall–Kier alpha value is -2.19. The Morgan fingerprint density at radius 3 is 2.88 bits per heavy atom. The second-order valence-corrected chi connectivity index (χ2v) is 6.05. The molecule has 1 aromatic heterocycles. The molecule has 8 heteroatoms. The van der Waals surface area contributed by atoms with E-state index in [-0.39, 0.29) is 25.4 Å². The summed E-state index contributed by atoms with van der Waals surface area (Å²) in [6, 6.07) is 0. The van der Waals surface area contributed by atoms with Crippen molar-refractivity contribution in [3.05, 3.63) is 23.7 Å². The van der Waals surface area contributed by atoms with Gasteiger partial charge in [-0.25, -0.2) is 14.8 Å². The summed E-state index contributed by atoms with van der Waals surface area (Å²) in [5.41, 5.74) is 1.62. The first-order valence-electron chi connectivity index (χ1n) is 8.27. The number of rotatable bonds is 8. The van der Waals surface area contributed by atoms with E-state index in [1.54, 1.807) is 13.4 Å². The molecule has 2 rings (SSSR count). The first-order valence-corrected chi connectivity index (χ1v) is 8.27. The number of carbonyl (C=O) groups excluding carboxylic acids is 1. The fourth-order valence-electron chi connectivity index (χ4n) is 2.34. The molecule has 2 heterocycles. The van der Waals surface area contributed by atoms with Crippen LogP contribution in [-0.4, -0.2) is 41.2 Å². The summed E-state index contributed by atoms with van der Waals surface area (Å²) >= 11 is 0. The third-order valence-corrected chi connectivity index (χ3v) is 3.66. The lowest BCUT2D eigenvalue weighted by atomic mass is 10.3. The minimum absolute atomic E-state index is 0.191. The molecule has 0 fully saturated rings. The number of allylic oxidation sites excluding steroid dienone is 1. The number of carbonyl (C=O) groups is 1. The monoisotopic (exact) mass is 350 g/mol. The predicted molar refractivity (Wildman–Crippen MR) is 94.3 cm³/mol. The quantitative estimate of drug-likeness (QED) is 0.573. The Bertz CT molecular complexity index is 662. The van der Waals surface area contributed by atoms with Crippen LogP contribution in [0.4, 0.5) is 5.82 Å². The van der Waals surface area contributed by atoms with Gasteiger partial charge in [0.2, 0.25) is 0 Å². The molecule has 0 radical (unpaired) electrons. The number of fused-ring (bicyclic) bond motifs is 1. The van der Waals surface area contributed by atoms with Crippen molar-refractivity contribution in [1.29, 1.82) is 0 Å². The smallest absolute Gasteiger partial charge is 0.330 e. The van der Waals surface area contributed by atoms with E-state index in [0.29, 0.717) is 0 Å². The number of aliphatic imine (C=N–C) groups is 1. The van der Waals surface area contributed by atoms with Crippen LogP contribution >= 0.6 is 0 Å². The van der Waals surface area contributed by atoms with Crippen LogP contribution in [0.15, 0.2) is 23.0 Å². The predicted octanol–water partition coefficient (Wildman–Crippen LogP) is 2.63. The molecule has 0 saturated heterocycles. The van der Waals surface area contributed by atoms with Gasteiger partial charge in [0.05, 0.1) is 12.4 Å². The van der Waals surface area contributed by atoms with E-state index in [1.807, 2.05) is 32.3 Å². The normalized spacial score (nSPS) is 17.2. The highest BCUT2D eigenvalue weighted by Crippen LogP contribution is 2.29. The molecule has 0 amide bonds. The highest BCUT2D eigenvalue weighted by Gasteiger charge is 2.24. The van der Waals surface area contributed by atoms with Gasteiger partial charge in [-0.15, -0.1) is 0 Å². The highest BCUT2D eigenvalue weighted by molar-refractivity contribution is 5.94. The van der Waals surface area contributed by atoms with Crippen LogP contribution < -0.4 is 5.32 Å². The molecule has 2 atom stereocenters. The zero-order valence-corrected chi connectivity index (χ0v) is 15.4. The van der Waals surface area contributed by atoms with Crippen LogP contribution in [0.2, 0.25) is 0 Å². The Balaban J connectivity index is 1.94. The van der Waals surface area contributed by atoms with E-state index in [0.717, 1.165) is 29.3 Å². The first-order chi connectivity index (χ1) is 11.9. The average Bonchev–Trinajstić information content (AvgIpc) is 2.96. The standard InChI is InChI=1S/C17H26N4O4/c1-6-13(8-24-14(22)7-11(2)3)25-10-21-9-18-15-16(21)19-12(4)20-17(15)23-5/h7,9,13,17H,6,8,10H2,1-5H3,(H,19,20). The third kappa shape index (κ3) is 5.14. The van der Waals surface area contributed by atoms with E-state index in [2.05, 4.69) is 15.3 Å².